The van der Waals surface area contributed by atoms with Crippen LogP contribution in [0.3, 0.4) is 0 Å². The van der Waals surface area contributed by atoms with Gasteiger partial charge in [-0.3, -0.25) is 0 Å². The van der Waals surface area contributed by atoms with Crippen LogP contribution < -0.4 is 4.90 Å². The van der Waals surface area contributed by atoms with Crippen LogP contribution in [0.15, 0.2) is 203 Å². The lowest BCUT2D eigenvalue weighted by molar-refractivity contribution is 0.668. The first kappa shape index (κ1) is 32.6. The van der Waals surface area contributed by atoms with Crippen molar-refractivity contribution in [3.05, 3.63) is 194 Å². The van der Waals surface area contributed by atoms with Crippen LogP contribution >= 0.6 is 0 Å². The molecule has 0 saturated carbocycles. The minimum atomic E-state index is 0.580. The Morgan fingerprint density at radius 2 is 0.719 bits per heavy atom. The van der Waals surface area contributed by atoms with E-state index in [1.807, 2.05) is 91.0 Å². The molecule has 0 saturated heterocycles. The summed E-state index contributed by atoms with van der Waals surface area (Å²) in [4.78, 5) is 17.0. The lowest BCUT2D eigenvalue weighted by Gasteiger charge is -2.25. The van der Waals surface area contributed by atoms with Crippen LogP contribution in [-0.4, -0.2) is 15.0 Å². The molecule has 0 amide bonds. The minimum absolute atomic E-state index is 0.580. The molecular formula is C51H32N4O2. The molecule has 0 aliphatic heterocycles. The quantitative estimate of drug-likeness (QED) is 0.162. The zero-order valence-corrected chi connectivity index (χ0v) is 30.6. The molecule has 268 valence electrons. The molecule has 0 spiro atoms. The first-order valence-electron chi connectivity index (χ1n) is 18.9. The normalized spacial score (nSPS) is 11.5. The highest BCUT2D eigenvalue weighted by Gasteiger charge is 2.19. The van der Waals surface area contributed by atoms with Crippen LogP contribution in [0.2, 0.25) is 0 Å². The van der Waals surface area contributed by atoms with E-state index in [9.17, 15) is 0 Å². The largest absolute Gasteiger partial charge is 0.456 e. The van der Waals surface area contributed by atoms with E-state index in [-0.39, 0.29) is 0 Å². The Hall–Kier alpha value is -7.83. The van der Waals surface area contributed by atoms with E-state index < -0.39 is 0 Å². The molecule has 8 aromatic carbocycles. The van der Waals surface area contributed by atoms with Crippen LogP contribution in [0.1, 0.15) is 0 Å². The van der Waals surface area contributed by atoms with E-state index in [0.717, 1.165) is 83.2 Å². The lowest BCUT2D eigenvalue weighted by atomic mass is 10.0. The summed E-state index contributed by atoms with van der Waals surface area (Å²) in [6.07, 6.45) is 0. The molecule has 11 rings (SSSR count). The second-order valence-electron chi connectivity index (χ2n) is 14.1. The topological polar surface area (TPSA) is 68.2 Å². The maximum absolute atomic E-state index is 6.54. The first-order valence-corrected chi connectivity index (χ1v) is 18.9. The smallest absolute Gasteiger partial charge is 0.164 e. The van der Waals surface area contributed by atoms with Crippen LogP contribution in [0.25, 0.3) is 89.2 Å². The standard InChI is InChI=1S/C51H32N4O2/c1-4-12-33(13-5-1)34-20-23-38(24-21-34)55(40-25-28-42-41-18-10-11-19-45(41)56-48(42)32-40)39-26-29-46-44(31-39)43-27-22-37(30-47(43)57-46)51-53-49(35-14-6-2-7-15-35)52-50(54-51)36-16-8-3-9-17-36/h1-32H. The predicted octanol–water partition coefficient (Wildman–Crippen LogP) is 13.8. The summed E-state index contributed by atoms with van der Waals surface area (Å²) in [7, 11) is 0. The predicted molar refractivity (Wildman–Crippen MR) is 231 cm³/mol. The van der Waals surface area contributed by atoms with Gasteiger partial charge in [-0.25, -0.2) is 15.0 Å². The molecule has 3 heterocycles. The van der Waals surface area contributed by atoms with E-state index in [4.69, 9.17) is 23.8 Å². The van der Waals surface area contributed by atoms with Gasteiger partial charge in [0, 0.05) is 61.4 Å². The Balaban J connectivity index is 1.03. The molecule has 0 fully saturated rings. The van der Waals surface area contributed by atoms with Gasteiger partial charge in [0.1, 0.15) is 22.3 Å². The van der Waals surface area contributed by atoms with Gasteiger partial charge in [0.2, 0.25) is 0 Å². The monoisotopic (exact) mass is 732 g/mol. The molecule has 0 radical (unpaired) electrons. The van der Waals surface area contributed by atoms with E-state index in [2.05, 4.69) is 108 Å². The molecule has 6 nitrogen and oxygen atoms in total. The summed E-state index contributed by atoms with van der Waals surface area (Å²) >= 11 is 0. The highest BCUT2D eigenvalue weighted by atomic mass is 16.3. The number of furan rings is 2. The number of fused-ring (bicyclic) bond motifs is 6. The van der Waals surface area contributed by atoms with Gasteiger partial charge >= 0.3 is 0 Å². The van der Waals surface area contributed by atoms with Gasteiger partial charge in [0.25, 0.3) is 0 Å². The average molecular weight is 733 g/mol. The Kier molecular flexibility index (Phi) is 7.71. The van der Waals surface area contributed by atoms with Crippen LogP contribution in [0.4, 0.5) is 17.1 Å². The van der Waals surface area contributed by atoms with Gasteiger partial charge < -0.3 is 13.7 Å². The molecule has 57 heavy (non-hydrogen) atoms. The Morgan fingerprint density at radius 1 is 0.281 bits per heavy atom. The van der Waals surface area contributed by atoms with Crippen molar-refractivity contribution in [3.63, 3.8) is 0 Å². The van der Waals surface area contributed by atoms with Gasteiger partial charge in [0.05, 0.1) is 0 Å². The van der Waals surface area contributed by atoms with E-state index in [1.54, 1.807) is 0 Å². The number of nitrogens with zero attached hydrogens (tertiary/aromatic N) is 4. The van der Waals surface area contributed by atoms with Crippen molar-refractivity contribution in [2.75, 3.05) is 4.90 Å². The van der Waals surface area contributed by atoms with Gasteiger partial charge in [-0.15, -0.1) is 0 Å². The van der Waals surface area contributed by atoms with Crippen molar-refractivity contribution in [2.24, 2.45) is 0 Å². The van der Waals surface area contributed by atoms with Crippen molar-refractivity contribution in [1.82, 2.24) is 15.0 Å². The Labute approximate surface area is 328 Å². The zero-order chi connectivity index (χ0) is 37.7. The number of aromatic nitrogens is 3. The second kappa shape index (κ2) is 13.5. The Bertz CT molecular complexity index is 3170. The van der Waals surface area contributed by atoms with Crippen LogP contribution in [0, 0.1) is 0 Å². The molecule has 3 aromatic heterocycles. The summed E-state index contributed by atoms with van der Waals surface area (Å²) in [6.45, 7) is 0. The van der Waals surface area contributed by atoms with Crippen molar-refractivity contribution < 1.29 is 8.83 Å². The Morgan fingerprint density at radius 3 is 1.40 bits per heavy atom. The van der Waals surface area contributed by atoms with Crippen molar-refractivity contribution in [3.8, 4) is 45.3 Å². The van der Waals surface area contributed by atoms with Gasteiger partial charge in [-0.2, -0.15) is 0 Å². The van der Waals surface area contributed by atoms with Gasteiger partial charge in [0.15, 0.2) is 17.5 Å². The third-order valence-electron chi connectivity index (χ3n) is 10.5. The van der Waals surface area contributed by atoms with E-state index in [1.165, 1.54) is 5.56 Å². The SMILES string of the molecule is c1ccc(-c2ccc(N(c3ccc4c(c3)oc3ccccc34)c3ccc4oc5cc(-c6nc(-c7ccccc7)nc(-c7ccccc7)n6)ccc5c4c3)cc2)cc1. The fourth-order valence-corrected chi connectivity index (χ4v) is 7.72. The highest BCUT2D eigenvalue weighted by molar-refractivity contribution is 6.08. The summed E-state index contributed by atoms with van der Waals surface area (Å²) in [5.41, 5.74) is 11.3. The molecule has 0 aliphatic rings. The molecule has 6 heteroatoms. The molecular weight excluding hydrogens is 701 g/mol. The fraction of sp³-hybridized carbons (Fsp3) is 0. The first-order chi connectivity index (χ1) is 28.2. The summed E-state index contributed by atoms with van der Waals surface area (Å²) < 4.78 is 12.9. The van der Waals surface area contributed by atoms with Crippen LogP contribution in [0.5, 0.6) is 0 Å². The fourth-order valence-electron chi connectivity index (χ4n) is 7.72. The number of hydrogen-bond donors (Lipinski definition) is 0. The zero-order valence-electron chi connectivity index (χ0n) is 30.6. The van der Waals surface area contributed by atoms with Crippen molar-refractivity contribution in [1.29, 1.82) is 0 Å². The molecule has 0 unspecified atom stereocenters. The number of hydrogen-bond acceptors (Lipinski definition) is 6. The minimum Gasteiger partial charge on any atom is -0.456 e. The third kappa shape index (κ3) is 5.88. The van der Waals surface area contributed by atoms with E-state index >= 15 is 0 Å². The summed E-state index contributed by atoms with van der Waals surface area (Å²) in [5, 5.41) is 4.21. The number of para-hydroxylation sites is 1. The average Bonchev–Trinajstić information content (AvgIpc) is 3.85. The van der Waals surface area contributed by atoms with Crippen LogP contribution in [-0.2, 0) is 0 Å². The molecule has 0 atom stereocenters. The third-order valence-corrected chi connectivity index (χ3v) is 10.5. The molecule has 11 aromatic rings. The lowest BCUT2D eigenvalue weighted by Crippen LogP contribution is -2.09. The van der Waals surface area contributed by atoms with E-state index in [0.29, 0.717) is 17.5 Å². The molecule has 0 aliphatic carbocycles. The highest BCUT2D eigenvalue weighted by Crippen LogP contribution is 2.42. The number of rotatable bonds is 7. The maximum atomic E-state index is 6.54. The van der Waals surface area contributed by atoms with Gasteiger partial charge in [-0.1, -0.05) is 127 Å². The summed E-state index contributed by atoms with van der Waals surface area (Å²) in [5.74, 6) is 1.81. The molecule has 0 bridgehead atoms. The number of anilines is 3. The van der Waals surface area contributed by atoms with Crippen molar-refractivity contribution in [2.45, 2.75) is 0 Å². The summed E-state index contributed by atoms with van der Waals surface area (Å²) in [6, 6.07) is 66.4. The number of benzene rings is 8. The molecule has 0 N–H and O–H groups in total. The van der Waals surface area contributed by atoms with Gasteiger partial charge in [-0.05, 0) is 71.8 Å². The van der Waals surface area contributed by atoms with Crippen molar-refractivity contribution >= 4 is 60.9 Å². The second-order valence-corrected chi connectivity index (χ2v) is 14.1. The maximum Gasteiger partial charge on any atom is 0.164 e.